The fourth-order valence-electron chi connectivity index (χ4n) is 1.90. The molecule has 2 N–H and O–H groups in total. The van der Waals surface area contributed by atoms with Gasteiger partial charge >= 0.3 is 12.0 Å². The van der Waals surface area contributed by atoms with Crippen molar-refractivity contribution >= 4 is 12.0 Å². The Morgan fingerprint density at radius 3 is 2.39 bits per heavy atom. The number of nitrogens with zero attached hydrogens (tertiary/aromatic N) is 1. The van der Waals surface area contributed by atoms with Crippen LogP contribution in [0.2, 0.25) is 0 Å². The fourth-order valence-corrected chi connectivity index (χ4v) is 1.90. The van der Waals surface area contributed by atoms with Crippen LogP contribution < -0.4 is 5.32 Å². The number of amides is 2. The van der Waals surface area contributed by atoms with E-state index in [9.17, 15) is 9.59 Å². The zero-order valence-electron chi connectivity index (χ0n) is 11.2. The normalized spacial score (nSPS) is 20.3. The van der Waals surface area contributed by atoms with Gasteiger partial charge in [0.05, 0.1) is 6.10 Å². The van der Waals surface area contributed by atoms with E-state index < -0.39 is 11.5 Å². The molecule has 1 atom stereocenters. The summed E-state index contributed by atoms with van der Waals surface area (Å²) >= 11 is 0. The van der Waals surface area contributed by atoms with Crippen molar-refractivity contribution < 1.29 is 19.4 Å². The molecule has 0 spiro atoms. The first-order valence-corrected chi connectivity index (χ1v) is 6.26. The van der Waals surface area contributed by atoms with E-state index in [4.69, 9.17) is 9.84 Å². The van der Waals surface area contributed by atoms with Gasteiger partial charge in [-0.25, -0.2) is 9.59 Å². The number of ether oxygens (including phenoxy) is 1. The van der Waals surface area contributed by atoms with Gasteiger partial charge in [0, 0.05) is 20.2 Å². The molecule has 0 radical (unpaired) electrons. The summed E-state index contributed by atoms with van der Waals surface area (Å²) in [6.07, 6.45) is 2.13. The first-order valence-electron chi connectivity index (χ1n) is 6.26. The van der Waals surface area contributed by atoms with E-state index in [2.05, 4.69) is 5.32 Å². The molecule has 18 heavy (non-hydrogen) atoms. The monoisotopic (exact) mass is 258 g/mol. The van der Waals surface area contributed by atoms with Crippen molar-refractivity contribution in [3.05, 3.63) is 0 Å². The van der Waals surface area contributed by atoms with Crippen LogP contribution >= 0.6 is 0 Å². The molecule has 0 bridgehead atoms. The number of carboxylic acids is 1. The van der Waals surface area contributed by atoms with Crippen molar-refractivity contribution in [1.82, 2.24) is 10.2 Å². The Balaban J connectivity index is 2.53. The molecule has 0 saturated carbocycles. The van der Waals surface area contributed by atoms with E-state index in [1.165, 1.54) is 6.92 Å². The maximum absolute atomic E-state index is 12.0. The number of urea groups is 1. The fraction of sp³-hybridized carbons (Fsp3) is 0.833. The number of carbonyl (C=O) groups excluding carboxylic acids is 1. The van der Waals surface area contributed by atoms with Crippen LogP contribution in [0.15, 0.2) is 0 Å². The Labute approximate surface area is 107 Å². The van der Waals surface area contributed by atoms with E-state index in [0.29, 0.717) is 19.5 Å². The number of likely N-dealkylation sites (tertiary alicyclic amines) is 1. The van der Waals surface area contributed by atoms with Gasteiger partial charge in [-0.05, 0) is 26.2 Å². The van der Waals surface area contributed by atoms with Gasteiger partial charge < -0.3 is 20.1 Å². The van der Waals surface area contributed by atoms with E-state index >= 15 is 0 Å². The molecule has 1 heterocycles. The maximum Gasteiger partial charge on any atom is 0.329 e. The number of rotatable bonds is 4. The highest BCUT2D eigenvalue weighted by Crippen LogP contribution is 2.15. The second kappa shape index (κ2) is 6.04. The minimum Gasteiger partial charge on any atom is -0.480 e. The van der Waals surface area contributed by atoms with E-state index in [1.807, 2.05) is 0 Å². The molecule has 2 amide bonds. The minimum absolute atomic E-state index is 0.200. The van der Waals surface area contributed by atoms with Crippen molar-refractivity contribution in [2.75, 3.05) is 20.2 Å². The van der Waals surface area contributed by atoms with Crippen LogP contribution in [0.25, 0.3) is 0 Å². The molecule has 6 nitrogen and oxygen atoms in total. The summed E-state index contributed by atoms with van der Waals surface area (Å²) in [5.41, 5.74) is -1.20. The first kappa shape index (κ1) is 14.8. The molecule has 1 saturated heterocycles. The standard InChI is InChI=1S/C12H22N2O4/c1-4-12(2,10(15)16)13-11(17)14-7-5-9(18-3)6-8-14/h9H,4-8H2,1-3H3,(H,13,17)(H,15,16). The van der Waals surface area contributed by atoms with Crippen LogP contribution in [0.4, 0.5) is 4.79 Å². The van der Waals surface area contributed by atoms with Gasteiger partial charge in [0.25, 0.3) is 0 Å². The van der Waals surface area contributed by atoms with E-state index in [-0.39, 0.29) is 12.1 Å². The zero-order valence-corrected chi connectivity index (χ0v) is 11.2. The van der Waals surface area contributed by atoms with Crippen molar-refractivity contribution in [3.63, 3.8) is 0 Å². The number of methoxy groups -OCH3 is 1. The average Bonchev–Trinajstić information content (AvgIpc) is 2.38. The molecule has 1 fully saturated rings. The highest BCUT2D eigenvalue weighted by molar-refractivity contribution is 5.85. The van der Waals surface area contributed by atoms with Gasteiger partial charge in [0.1, 0.15) is 5.54 Å². The molecule has 0 aromatic rings. The molecular formula is C12H22N2O4. The number of carboxylic acid groups (broad SMARTS) is 1. The van der Waals surface area contributed by atoms with E-state index in [1.54, 1.807) is 18.9 Å². The maximum atomic E-state index is 12.0. The van der Waals surface area contributed by atoms with Crippen LogP contribution in [0.3, 0.4) is 0 Å². The third kappa shape index (κ3) is 3.35. The predicted molar refractivity (Wildman–Crippen MR) is 66.5 cm³/mol. The van der Waals surface area contributed by atoms with Crippen LogP contribution in [0.1, 0.15) is 33.1 Å². The number of hydrogen-bond acceptors (Lipinski definition) is 3. The minimum atomic E-state index is -1.20. The van der Waals surface area contributed by atoms with Gasteiger partial charge in [-0.2, -0.15) is 0 Å². The van der Waals surface area contributed by atoms with Gasteiger partial charge in [0.15, 0.2) is 0 Å². The van der Waals surface area contributed by atoms with Gasteiger partial charge in [-0.3, -0.25) is 0 Å². The molecule has 0 aromatic carbocycles. The second-order valence-electron chi connectivity index (χ2n) is 4.84. The number of nitrogens with one attached hydrogen (secondary N) is 1. The van der Waals surface area contributed by atoms with E-state index in [0.717, 1.165) is 12.8 Å². The topological polar surface area (TPSA) is 78.9 Å². The third-order valence-corrected chi connectivity index (χ3v) is 3.62. The van der Waals surface area contributed by atoms with Crippen molar-refractivity contribution in [3.8, 4) is 0 Å². The van der Waals surface area contributed by atoms with Crippen LogP contribution in [0.5, 0.6) is 0 Å². The summed E-state index contributed by atoms with van der Waals surface area (Å²) in [5.74, 6) is -1.01. The van der Waals surface area contributed by atoms with Crippen molar-refractivity contribution in [2.24, 2.45) is 0 Å². The Morgan fingerprint density at radius 1 is 1.44 bits per heavy atom. The molecule has 0 aromatic heterocycles. The lowest BCUT2D eigenvalue weighted by atomic mass is 9.99. The molecule has 1 unspecified atom stereocenters. The Hall–Kier alpha value is -1.30. The number of carbonyl (C=O) groups is 2. The third-order valence-electron chi connectivity index (χ3n) is 3.62. The summed E-state index contributed by atoms with van der Waals surface area (Å²) in [5, 5.41) is 11.7. The molecule has 1 aliphatic heterocycles. The lowest BCUT2D eigenvalue weighted by Gasteiger charge is -2.34. The number of hydrogen-bond donors (Lipinski definition) is 2. The molecule has 1 rings (SSSR count). The van der Waals surface area contributed by atoms with Crippen molar-refractivity contribution in [2.45, 2.75) is 44.8 Å². The highest BCUT2D eigenvalue weighted by Gasteiger charge is 2.35. The average molecular weight is 258 g/mol. The summed E-state index contributed by atoms with van der Waals surface area (Å²) in [6.45, 7) is 4.47. The molecular weight excluding hydrogens is 236 g/mol. The summed E-state index contributed by atoms with van der Waals surface area (Å²) in [7, 11) is 1.67. The summed E-state index contributed by atoms with van der Waals surface area (Å²) < 4.78 is 5.23. The highest BCUT2D eigenvalue weighted by atomic mass is 16.5. The summed E-state index contributed by atoms with van der Waals surface area (Å²) in [4.78, 5) is 24.7. The van der Waals surface area contributed by atoms with Gasteiger partial charge in [-0.15, -0.1) is 0 Å². The van der Waals surface area contributed by atoms with Gasteiger partial charge in [-0.1, -0.05) is 6.92 Å². The zero-order chi connectivity index (χ0) is 13.8. The van der Waals surface area contributed by atoms with Crippen LogP contribution in [0, 0.1) is 0 Å². The first-order chi connectivity index (χ1) is 8.42. The van der Waals surface area contributed by atoms with Crippen LogP contribution in [-0.4, -0.2) is 53.8 Å². The van der Waals surface area contributed by atoms with Crippen LogP contribution in [-0.2, 0) is 9.53 Å². The quantitative estimate of drug-likeness (QED) is 0.790. The SMILES string of the molecule is CCC(C)(NC(=O)N1CCC(OC)CC1)C(=O)O. The lowest BCUT2D eigenvalue weighted by Crippen LogP contribution is -2.57. The molecule has 0 aliphatic carbocycles. The Bertz CT molecular complexity index is 313. The molecule has 1 aliphatic rings. The lowest BCUT2D eigenvalue weighted by molar-refractivity contribution is -0.143. The largest absolute Gasteiger partial charge is 0.480 e. The van der Waals surface area contributed by atoms with Gasteiger partial charge in [0.2, 0.25) is 0 Å². The Kier molecular flexibility index (Phi) is 4.95. The molecule has 6 heteroatoms. The summed E-state index contributed by atoms with van der Waals surface area (Å²) in [6, 6.07) is -0.309. The van der Waals surface area contributed by atoms with Crippen molar-refractivity contribution in [1.29, 1.82) is 0 Å². The second-order valence-corrected chi connectivity index (χ2v) is 4.84. The molecule has 104 valence electrons. The number of piperidine rings is 1. The predicted octanol–water partition coefficient (Wildman–Crippen LogP) is 1.06. The Morgan fingerprint density at radius 2 is 2.00 bits per heavy atom. The number of aliphatic carboxylic acids is 1. The smallest absolute Gasteiger partial charge is 0.329 e.